The van der Waals surface area contributed by atoms with Crippen LogP contribution in [0.25, 0.3) is 0 Å². The van der Waals surface area contributed by atoms with Crippen LogP contribution in [0.5, 0.6) is 0 Å². The van der Waals surface area contributed by atoms with E-state index in [2.05, 4.69) is 15.5 Å². The molecule has 2 N–H and O–H groups in total. The van der Waals surface area contributed by atoms with E-state index in [9.17, 15) is 14.9 Å². The molecule has 0 radical (unpaired) electrons. The number of nitrogens with zero attached hydrogens (tertiary/aromatic N) is 2. The Labute approximate surface area is 140 Å². The molecule has 4 fully saturated rings. The summed E-state index contributed by atoms with van der Waals surface area (Å²) in [5, 5.41) is 20.3. The summed E-state index contributed by atoms with van der Waals surface area (Å²) >= 11 is 0. The maximum atomic E-state index is 12.3. The molecule has 1 heterocycles. The zero-order valence-electron chi connectivity index (χ0n) is 14.0. The highest BCUT2D eigenvalue weighted by atomic mass is 16.6. The van der Waals surface area contributed by atoms with Crippen LogP contribution in [0.15, 0.2) is 0 Å². The fourth-order valence-electron chi connectivity index (χ4n) is 5.93. The molecule has 0 aromatic carbocycles. The minimum absolute atomic E-state index is 0.108. The summed E-state index contributed by atoms with van der Waals surface area (Å²) in [4.78, 5) is 22.8. The molecule has 0 spiro atoms. The van der Waals surface area contributed by atoms with E-state index in [-0.39, 0.29) is 11.4 Å². The summed E-state index contributed by atoms with van der Waals surface area (Å²) in [5.74, 6) is 2.22. The molecule has 0 saturated heterocycles. The second kappa shape index (κ2) is 5.57. The number of amides is 1. The van der Waals surface area contributed by atoms with Gasteiger partial charge in [-0.15, -0.1) is 0 Å². The monoisotopic (exact) mass is 332 g/mol. The smallest absolute Gasteiger partial charge is 0.322 e. The first-order chi connectivity index (χ1) is 11.5. The third kappa shape index (κ3) is 2.59. The van der Waals surface area contributed by atoms with Gasteiger partial charge in [0.1, 0.15) is 5.69 Å². The average Bonchev–Trinajstić information content (AvgIpc) is 2.87. The van der Waals surface area contributed by atoms with Crippen LogP contribution in [0.2, 0.25) is 0 Å². The van der Waals surface area contributed by atoms with Crippen LogP contribution in [0.1, 0.15) is 61.1 Å². The highest BCUT2D eigenvalue weighted by molar-refractivity contribution is 5.96. The Morgan fingerprint density at radius 3 is 2.42 bits per heavy atom. The van der Waals surface area contributed by atoms with Crippen molar-refractivity contribution in [1.82, 2.24) is 15.5 Å². The molecule has 0 aliphatic heterocycles. The predicted octanol–water partition coefficient (Wildman–Crippen LogP) is 2.96. The average molecular weight is 332 g/mol. The summed E-state index contributed by atoms with van der Waals surface area (Å²) in [6.45, 7) is 2.13. The second-order valence-electron chi connectivity index (χ2n) is 8.23. The van der Waals surface area contributed by atoms with Crippen LogP contribution >= 0.6 is 0 Å². The van der Waals surface area contributed by atoms with Crippen molar-refractivity contribution in [3.8, 4) is 0 Å². The molecule has 4 saturated carbocycles. The third-order valence-electron chi connectivity index (χ3n) is 6.42. The Bertz CT molecular complexity index is 646. The third-order valence-corrected chi connectivity index (χ3v) is 6.42. The topological polar surface area (TPSA) is 101 Å². The summed E-state index contributed by atoms with van der Waals surface area (Å²) in [7, 11) is 0. The zero-order valence-corrected chi connectivity index (χ0v) is 14.0. The van der Waals surface area contributed by atoms with Crippen molar-refractivity contribution in [2.24, 2.45) is 23.2 Å². The number of aromatic nitrogens is 2. The Morgan fingerprint density at radius 1 is 1.29 bits per heavy atom. The molecule has 4 bridgehead atoms. The van der Waals surface area contributed by atoms with Crippen LogP contribution in [0.4, 0.5) is 5.69 Å². The Balaban J connectivity index is 1.38. The second-order valence-corrected chi connectivity index (χ2v) is 8.23. The molecule has 130 valence electrons. The van der Waals surface area contributed by atoms with Gasteiger partial charge < -0.3 is 5.32 Å². The first-order valence-corrected chi connectivity index (χ1v) is 8.93. The Hall–Kier alpha value is -1.92. The normalized spacial score (nSPS) is 33.6. The zero-order chi connectivity index (χ0) is 16.9. The van der Waals surface area contributed by atoms with Crippen molar-refractivity contribution in [3.05, 3.63) is 21.5 Å². The van der Waals surface area contributed by atoms with Crippen LogP contribution in [-0.4, -0.2) is 27.6 Å². The first kappa shape index (κ1) is 15.6. The van der Waals surface area contributed by atoms with E-state index in [0.717, 1.165) is 24.2 Å². The quantitative estimate of drug-likeness (QED) is 0.639. The van der Waals surface area contributed by atoms with Gasteiger partial charge in [0.05, 0.1) is 4.92 Å². The van der Waals surface area contributed by atoms with Crippen LogP contribution in [-0.2, 0) is 0 Å². The SMILES string of the molecule is Cc1[nH]nc(C(=O)NCCC23CC4CC(CC(C4)C2)C3)c1[N+](=O)[O-]. The maximum absolute atomic E-state index is 12.3. The van der Waals surface area contributed by atoms with E-state index >= 15 is 0 Å². The van der Waals surface area contributed by atoms with Gasteiger partial charge in [-0.2, -0.15) is 5.10 Å². The number of carbonyl (C=O) groups excluding carboxylic acids is 1. The first-order valence-electron chi connectivity index (χ1n) is 8.93. The van der Waals surface area contributed by atoms with Crippen molar-refractivity contribution >= 4 is 11.6 Å². The van der Waals surface area contributed by atoms with Gasteiger partial charge in [-0.3, -0.25) is 20.0 Å². The van der Waals surface area contributed by atoms with Gasteiger partial charge in [0.2, 0.25) is 5.69 Å². The van der Waals surface area contributed by atoms with Gasteiger partial charge in [0, 0.05) is 6.54 Å². The van der Waals surface area contributed by atoms with E-state index in [0.29, 0.717) is 17.7 Å². The summed E-state index contributed by atoms with van der Waals surface area (Å²) in [5.41, 5.74) is 0.381. The van der Waals surface area contributed by atoms with Crippen LogP contribution < -0.4 is 5.32 Å². The number of nitrogens with one attached hydrogen (secondary N) is 2. The molecule has 1 aromatic rings. The number of hydrogen-bond acceptors (Lipinski definition) is 4. The molecule has 24 heavy (non-hydrogen) atoms. The lowest BCUT2D eigenvalue weighted by molar-refractivity contribution is -0.385. The summed E-state index contributed by atoms with van der Waals surface area (Å²) in [6.07, 6.45) is 9.11. The van der Waals surface area contributed by atoms with E-state index in [1.807, 2.05) is 0 Å². The lowest BCUT2D eigenvalue weighted by Crippen LogP contribution is -2.47. The van der Waals surface area contributed by atoms with Crippen LogP contribution in [0.3, 0.4) is 0 Å². The van der Waals surface area contributed by atoms with Gasteiger partial charge in [-0.05, 0) is 75.0 Å². The predicted molar refractivity (Wildman–Crippen MR) is 87.5 cm³/mol. The molecule has 0 unspecified atom stereocenters. The van der Waals surface area contributed by atoms with E-state index in [1.165, 1.54) is 38.5 Å². The van der Waals surface area contributed by atoms with Gasteiger partial charge in [-0.1, -0.05) is 0 Å². The number of nitro groups is 1. The van der Waals surface area contributed by atoms with E-state index in [4.69, 9.17) is 0 Å². The number of aromatic amines is 1. The highest BCUT2D eigenvalue weighted by Crippen LogP contribution is 2.61. The standard InChI is InChI=1S/C17H24N4O3/c1-10-15(21(23)24)14(20-19-10)16(22)18-3-2-17-7-11-4-12(8-17)6-13(5-11)9-17/h11-13H,2-9H2,1H3,(H,18,22)(H,19,20). The van der Waals surface area contributed by atoms with Gasteiger partial charge in [0.15, 0.2) is 0 Å². The van der Waals surface area contributed by atoms with E-state index < -0.39 is 10.8 Å². The number of hydrogen-bond donors (Lipinski definition) is 2. The minimum atomic E-state index is -0.549. The van der Waals surface area contributed by atoms with Gasteiger partial charge in [-0.25, -0.2) is 0 Å². The number of aryl methyl sites for hydroxylation is 1. The molecule has 4 aliphatic carbocycles. The summed E-state index contributed by atoms with van der Waals surface area (Å²) in [6, 6.07) is 0. The molecule has 4 aliphatic rings. The van der Waals surface area contributed by atoms with Crippen LogP contribution in [0, 0.1) is 40.2 Å². The molecule has 5 rings (SSSR count). The molecular formula is C17H24N4O3. The van der Waals surface area contributed by atoms with E-state index in [1.54, 1.807) is 6.92 Å². The number of rotatable bonds is 5. The molecule has 7 heteroatoms. The van der Waals surface area contributed by atoms with Crippen molar-refractivity contribution < 1.29 is 9.72 Å². The fraction of sp³-hybridized carbons (Fsp3) is 0.765. The van der Waals surface area contributed by atoms with Gasteiger partial charge in [0.25, 0.3) is 5.91 Å². The lowest BCUT2D eigenvalue weighted by atomic mass is 9.49. The number of carbonyl (C=O) groups is 1. The fourth-order valence-corrected chi connectivity index (χ4v) is 5.93. The van der Waals surface area contributed by atoms with Crippen molar-refractivity contribution in [3.63, 3.8) is 0 Å². The molecule has 1 amide bonds. The minimum Gasteiger partial charge on any atom is -0.350 e. The molecule has 7 nitrogen and oxygen atoms in total. The van der Waals surface area contributed by atoms with Crippen molar-refractivity contribution in [2.75, 3.05) is 6.54 Å². The number of H-pyrrole nitrogens is 1. The Morgan fingerprint density at radius 2 is 1.88 bits per heavy atom. The van der Waals surface area contributed by atoms with Gasteiger partial charge >= 0.3 is 5.69 Å². The molecule has 1 aromatic heterocycles. The summed E-state index contributed by atoms with van der Waals surface area (Å²) < 4.78 is 0. The highest BCUT2D eigenvalue weighted by Gasteiger charge is 2.50. The molecule has 0 atom stereocenters. The lowest BCUT2D eigenvalue weighted by Gasteiger charge is -2.57. The molecular weight excluding hydrogens is 308 g/mol. The maximum Gasteiger partial charge on any atom is 0.322 e. The Kier molecular flexibility index (Phi) is 3.62. The van der Waals surface area contributed by atoms with Crippen molar-refractivity contribution in [2.45, 2.75) is 51.9 Å². The van der Waals surface area contributed by atoms with Crippen molar-refractivity contribution in [1.29, 1.82) is 0 Å². The largest absolute Gasteiger partial charge is 0.350 e.